The lowest BCUT2D eigenvalue weighted by Gasteiger charge is -2.12. The number of nitrogens with zero attached hydrogens (tertiary/aromatic N) is 3. The van der Waals surface area contributed by atoms with Crippen molar-refractivity contribution in [3.05, 3.63) is 77.9 Å². The summed E-state index contributed by atoms with van der Waals surface area (Å²) < 4.78 is 25.1. The molecule has 0 unspecified atom stereocenters. The fourth-order valence-electron chi connectivity index (χ4n) is 3.36. The topological polar surface area (TPSA) is 90.9 Å². The molecule has 4 rings (SSSR count). The molecule has 6 nitrogen and oxygen atoms in total. The van der Waals surface area contributed by atoms with Crippen LogP contribution in [0.1, 0.15) is 17.1 Å². The Kier molecular flexibility index (Phi) is 4.49. The van der Waals surface area contributed by atoms with Crippen molar-refractivity contribution in [3.63, 3.8) is 0 Å². The van der Waals surface area contributed by atoms with Gasteiger partial charge < -0.3 is 4.57 Å². The molecule has 28 heavy (non-hydrogen) atoms. The molecule has 0 aliphatic carbocycles. The van der Waals surface area contributed by atoms with E-state index in [1.54, 1.807) is 12.1 Å². The van der Waals surface area contributed by atoms with Crippen LogP contribution in [0.2, 0.25) is 0 Å². The summed E-state index contributed by atoms with van der Waals surface area (Å²) >= 11 is 0. The van der Waals surface area contributed by atoms with Gasteiger partial charge in [-0.2, -0.15) is 0 Å². The summed E-state index contributed by atoms with van der Waals surface area (Å²) in [5.41, 5.74) is 5.82. The maximum absolute atomic E-state index is 11.5. The van der Waals surface area contributed by atoms with Crippen molar-refractivity contribution >= 4 is 21.1 Å². The number of aromatic nitrogens is 3. The Morgan fingerprint density at radius 1 is 1.00 bits per heavy atom. The Morgan fingerprint density at radius 3 is 2.32 bits per heavy atom. The number of aryl methyl sites for hydroxylation is 2. The average Bonchev–Trinajstić information content (AvgIpc) is 3.00. The van der Waals surface area contributed by atoms with Crippen molar-refractivity contribution in [1.82, 2.24) is 14.5 Å². The van der Waals surface area contributed by atoms with Gasteiger partial charge in [0.25, 0.3) is 0 Å². The molecule has 0 spiro atoms. The summed E-state index contributed by atoms with van der Waals surface area (Å²) in [6, 6.07) is 16.7. The third-order valence-corrected chi connectivity index (χ3v) is 5.75. The number of hydrogen-bond donors (Lipinski definition) is 1. The molecule has 0 saturated carbocycles. The number of hydrogen-bond acceptors (Lipinski definition) is 4. The molecule has 0 radical (unpaired) electrons. The highest BCUT2D eigenvalue weighted by Gasteiger charge is 2.16. The van der Waals surface area contributed by atoms with Crippen molar-refractivity contribution in [3.8, 4) is 11.1 Å². The van der Waals surface area contributed by atoms with E-state index in [1.165, 1.54) is 12.1 Å². The van der Waals surface area contributed by atoms with Gasteiger partial charge in [-0.3, -0.25) is 4.98 Å². The molecule has 2 aromatic heterocycles. The van der Waals surface area contributed by atoms with Crippen LogP contribution in [0.15, 0.2) is 65.7 Å². The number of nitrogens with two attached hydrogens (primary N) is 1. The van der Waals surface area contributed by atoms with Crippen molar-refractivity contribution in [2.75, 3.05) is 0 Å². The fraction of sp³-hybridized carbons (Fsp3) is 0.143. The molecule has 142 valence electrons. The smallest absolute Gasteiger partial charge is 0.238 e. The zero-order valence-corrected chi connectivity index (χ0v) is 16.4. The van der Waals surface area contributed by atoms with Crippen LogP contribution in [-0.2, 0) is 16.6 Å². The summed E-state index contributed by atoms with van der Waals surface area (Å²) in [4.78, 5) is 9.37. The minimum Gasteiger partial charge on any atom is -0.323 e. The Labute approximate surface area is 163 Å². The summed E-state index contributed by atoms with van der Waals surface area (Å²) in [7, 11) is -3.70. The van der Waals surface area contributed by atoms with Crippen molar-refractivity contribution in [2.45, 2.75) is 25.3 Å². The highest BCUT2D eigenvalue weighted by atomic mass is 32.2. The van der Waals surface area contributed by atoms with Gasteiger partial charge in [-0.25, -0.2) is 18.5 Å². The van der Waals surface area contributed by atoms with Gasteiger partial charge in [0.2, 0.25) is 10.0 Å². The molecule has 0 aliphatic heterocycles. The van der Waals surface area contributed by atoms with Crippen LogP contribution in [0.5, 0.6) is 0 Å². The first-order valence-corrected chi connectivity index (χ1v) is 10.4. The van der Waals surface area contributed by atoms with Crippen LogP contribution in [0.25, 0.3) is 22.2 Å². The van der Waals surface area contributed by atoms with Crippen LogP contribution in [0.3, 0.4) is 0 Å². The van der Waals surface area contributed by atoms with Gasteiger partial charge in [0.1, 0.15) is 11.3 Å². The summed E-state index contributed by atoms with van der Waals surface area (Å²) in [6.07, 6.45) is 1.88. The molecule has 0 aliphatic rings. The molecular weight excluding hydrogens is 372 g/mol. The van der Waals surface area contributed by atoms with Gasteiger partial charge in [0.05, 0.1) is 16.1 Å². The first kappa shape index (κ1) is 18.3. The third-order valence-electron chi connectivity index (χ3n) is 4.82. The minimum absolute atomic E-state index is 0.105. The van der Waals surface area contributed by atoms with Crippen LogP contribution >= 0.6 is 0 Å². The van der Waals surface area contributed by atoms with Gasteiger partial charge in [-0.05, 0) is 37.1 Å². The number of rotatable bonds is 4. The number of fused-ring (bicyclic) bond motifs is 1. The Hall–Kier alpha value is -3.03. The zero-order chi connectivity index (χ0) is 19.9. The van der Waals surface area contributed by atoms with E-state index in [9.17, 15) is 8.42 Å². The van der Waals surface area contributed by atoms with Gasteiger partial charge in [0.15, 0.2) is 0 Å². The molecule has 4 aromatic rings. The molecule has 0 saturated heterocycles. The largest absolute Gasteiger partial charge is 0.323 e. The maximum atomic E-state index is 11.5. The molecule has 0 fully saturated rings. The molecule has 2 heterocycles. The molecule has 2 aromatic carbocycles. The van der Waals surface area contributed by atoms with Crippen LogP contribution in [0, 0.1) is 13.8 Å². The van der Waals surface area contributed by atoms with Crippen LogP contribution in [-0.4, -0.2) is 23.0 Å². The molecule has 7 heteroatoms. The number of primary sulfonamides is 1. The average molecular weight is 392 g/mol. The monoisotopic (exact) mass is 392 g/mol. The first-order valence-electron chi connectivity index (χ1n) is 8.84. The minimum atomic E-state index is -3.70. The molecule has 0 amide bonds. The first-order chi connectivity index (χ1) is 13.3. The summed E-state index contributed by atoms with van der Waals surface area (Å²) in [5, 5.41) is 5.19. The van der Waals surface area contributed by atoms with Crippen molar-refractivity contribution < 1.29 is 8.42 Å². The summed E-state index contributed by atoms with van der Waals surface area (Å²) in [6.45, 7) is 4.48. The van der Waals surface area contributed by atoms with E-state index in [1.807, 2.05) is 38.2 Å². The Morgan fingerprint density at radius 2 is 1.68 bits per heavy atom. The second-order valence-corrected chi connectivity index (χ2v) is 8.32. The van der Waals surface area contributed by atoms with E-state index in [0.717, 1.165) is 39.2 Å². The maximum Gasteiger partial charge on any atom is 0.238 e. The van der Waals surface area contributed by atoms with Gasteiger partial charge >= 0.3 is 0 Å². The van der Waals surface area contributed by atoms with Gasteiger partial charge in [-0.1, -0.05) is 42.5 Å². The highest BCUT2D eigenvalue weighted by Crippen LogP contribution is 2.30. The van der Waals surface area contributed by atoms with E-state index in [4.69, 9.17) is 10.1 Å². The normalized spacial score (nSPS) is 11.8. The van der Waals surface area contributed by atoms with E-state index < -0.39 is 10.0 Å². The van der Waals surface area contributed by atoms with Gasteiger partial charge in [-0.15, -0.1) is 0 Å². The fourth-order valence-corrected chi connectivity index (χ4v) is 3.88. The van der Waals surface area contributed by atoms with Crippen molar-refractivity contribution in [2.24, 2.45) is 5.14 Å². The number of benzene rings is 2. The predicted molar refractivity (Wildman–Crippen MR) is 109 cm³/mol. The lowest BCUT2D eigenvalue weighted by molar-refractivity contribution is 0.597. The van der Waals surface area contributed by atoms with Crippen LogP contribution in [0.4, 0.5) is 0 Å². The molecule has 0 atom stereocenters. The van der Waals surface area contributed by atoms with E-state index in [0.29, 0.717) is 6.54 Å². The third kappa shape index (κ3) is 3.30. The second kappa shape index (κ2) is 6.85. The molecule has 0 bridgehead atoms. The lowest BCUT2D eigenvalue weighted by Crippen LogP contribution is -2.12. The predicted octanol–water partition coefficient (Wildman–Crippen LogP) is 3.41. The quantitative estimate of drug-likeness (QED) is 0.576. The van der Waals surface area contributed by atoms with E-state index in [2.05, 4.69) is 21.7 Å². The zero-order valence-electron chi connectivity index (χ0n) is 15.6. The summed E-state index contributed by atoms with van der Waals surface area (Å²) in [5.74, 6) is 0.874. The van der Waals surface area contributed by atoms with E-state index >= 15 is 0 Å². The van der Waals surface area contributed by atoms with E-state index in [-0.39, 0.29) is 4.90 Å². The Bertz CT molecular complexity index is 1260. The SMILES string of the molecule is Cc1ncc(-c2ccccc2)c2c1nc(C)n2Cc1ccc(S(N)(=O)=O)cc1. The molecule has 2 N–H and O–H groups in total. The van der Waals surface area contributed by atoms with Crippen LogP contribution < -0.4 is 5.14 Å². The van der Waals surface area contributed by atoms with Gasteiger partial charge in [0, 0.05) is 18.3 Å². The number of pyridine rings is 1. The standard InChI is InChI=1S/C21H20N4O2S/c1-14-20-21(19(12-23-14)17-6-4-3-5-7-17)25(15(2)24-20)13-16-8-10-18(11-9-16)28(22,26)27/h3-12H,13H2,1-2H3,(H2,22,26,27). The Balaban J connectivity index is 1.85. The number of sulfonamides is 1. The lowest BCUT2D eigenvalue weighted by atomic mass is 10.1. The van der Waals surface area contributed by atoms with Crippen molar-refractivity contribution in [1.29, 1.82) is 0 Å². The second-order valence-electron chi connectivity index (χ2n) is 6.75. The highest BCUT2D eigenvalue weighted by molar-refractivity contribution is 7.89. The number of imidazole rings is 1. The molecular formula is C21H20N4O2S.